The lowest BCUT2D eigenvalue weighted by Crippen LogP contribution is -2.55. The monoisotopic (exact) mass is 486 g/mol. The minimum atomic E-state index is -1.51. The first kappa shape index (κ1) is 23.0. The van der Waals surface area contributed by atoms with Gasteiger partial charge in [0.25, 0.3) is 0 Å². The molecule has 4 N–H and O–H groups in total. The molecule has 3 aromatic rings. The molecular formula is C23H23ClN4O6. The number of fused-ring (bicyclic) bond motifs is 1. The highest BCUT2D eigenvalue weighted by atomic mass is 35.5. The standard InChI is InChI=1S/C23H23ClN4O6/c24-15-3-1-12(21-20(32)19(31)18(30)16(10-29)34-21)7-13(15)8-28-22(33)27-9-14(2-4-17(27)26-28)23(11-25)5-6-23/h1-4,7,9,16,18-21,29-32H,5-6,8,10H2/t16-,18-,19+,20-,21+/m1/s1. The molecule has 0 radical (unpaired) electrons. The highest BCUT2D eigenvalue weighted by Crippen LogP contribution is 2.47. The number of rotatable bonds is 5. The van der Waals surface area contributed by atoms with Gasteiger partial charge in [-0.3, -0.25) is 0 Å². The molecule has 178 valence electrons. The molecule has 11 heteroatoms. The van der Waals surface area contributed by atoms with Gasteiger partial charge in [0.2, 0.25) is 0 Å². The predicted octanol–water partition coefficient (Wildman–Crippen LogP) is 0.268. The van der Waals surface area contributed by atoms with E-state index in [2.05, 4.69) is 11.2 Å². The molecule has 10 nitrogen and oxygen atoms in total. The van der Waals surface area contributed by atoms with Gasteiger partial charge in [0.15, 0.2) is 5.65 Å². The molecule has 1 saturated heterocycles. The van der Waals surface area contributed by atoms with Crippen molar-refractivity contribution in [1.29, 1.82) is 5.26 Å². The quantitative estimate of drug-likeness (QED) is 0.401. The Balaban J connectivity index is 1.46. The summed E-state index contributed by atoms with van der Waals surface area (Å²) in [4.78, 5) is 13.0. The van der Waals surface area contributed by atoms with E-state index in [-0.39, 0.29) is 12.2 Å². The van der Waals surface area contributed by atoms with Gasteiger partial charge < -0.3 is 25.2 Å². The Hall–Kier alpha value is -2.78. The number of aliphatic hydroxyl groups excluding tert-OH is 4. The number of hydrogen-bond acceptors (Lipinski definition) is 8. The molecule has 2 aromatic heterocycles. The van der Waals surface area contributed by atoms with Crippen molar-refractivity contribution in [2.24, 2.45) is 0 Å². The second-order valence-corrected chi connectivity index (χ2v) is 9.29. The Kier molecular flexibility index (Phi) is 5.72. The van der Waals surface area contributed by atoms with Gasteiger partial charge in [-0.05, 0) is 47.7 Å². The third-order valence-corrected chi connectivity index (χ3v) is 7.07. The van der Waals surface area contributed by atoms with Crippen molar-refractivity contribution in [3.05, 3.63) is 68.7 Å². The van der Waals surface area contributed by atoms with Gasteiger partial charge in [0.05, 0.1) is 24.6 Å². The summed E-state index contributed by atoms with van der Waals surface area (Å²) < 4.78 is 8.29. The second-order valence-electron chi connectivity index (χ2n) is 8.88. The predicted molar refractivity (Wildman–Crippen MR) is 119 cm³/mol. The molecule has 1 saturated carbocycles. The van der Waals surface area contributed by atoms with E-state index in [1.165, 1.54) is 9.08 Å². The smallest absolute Gasteiger partial charge is 0.350 e. The van der Waals surface area contributed by atoms with E-state index in [1.807, 2.05) is 6.07 Å². The van der Waals surface area contributed by atoms with Gasteiger partial charge >= 0.3 is 5.69 Å². The van der Waals surface area contributed by atoms with Crippen LogP contribution in [0.2, 0.25) is 5.02 Å². The molecule has 3 heterocycles. The zero-order valence-electron chi connectivity index (χ0n) is 18.0. The summed E-state index contributed by atoms with van der Waals surface area (Å²) >= 11 is 6.37. The van der Waals surface area contributed by atoms with Gasteiger partial charge in [-0.15, -0.1) is 5.10 Å². The van der Waals surface area contributed by atoms with E-state index in [9.17, 15) is 30.5 Å². The summed E-state index contributed by atoms with van der Waals surface area (Å²) in [5, 5.41) is 54.2. The van der Waals surface area contributed by atoms with Crippen LogP contribution in [0.3, 0.4) is 0 Å². The fraction of sp³-hybridized carbons (Fsp3) is 0.435. The fourth-order valence-corrected chi connectivity index (χ4v) is 4.60. The zero-order chi connectivity index (χ0) is 24.2. The van der Waals surface area contributed by atoms with Crippen molar-refractivity contribution in [2.75, 3.05) is 6.61 Å². The summed E-state index contributed by atoms with van der Waals surface area (Å²) in [5.41, 5.74) is 1.28. The van der Waals surface area contributed by atoms with E-state index < -0.39 is 42.5 Å². The number of nitrogens with zero attached hydrogens (tertiary/aromatic N) is 4. The largest absolute Gasteiger partial charge is 0.394 e. The second kappa shape index (κ2) is 8.46. The molecular weight excluding hydrogens is 464 g/mol. The van der Waals surface area contributed by atoms with Crippen LogP contribution in [0.5, 0.6) is 0 Å². The van der Waals surface area contributed by atoms with Gasteiger partial charge in [-0.25, -0.2) is 13.9 Å². The molecule has 1 aromatic carbocycles. The molecule has 5 atom stereocenters. The Bertz CT molecular complexity index is 1340. The first-order valence-electron chi connectivity index (χ1n) is 10.9. The first-order chi connectivity index (χ1) is 16.3. The molecule has 0 unspecified atom stereocenters. The number of aromatic nitrogens is 3. The molecule has 5 rings (SSSR count). The molecule has 34 heavy (non-hydrogen) atoms. The Morgan fingerprint density at radius 2 is 1.94 bits per heavy atom. The lowest BCUT2D eigenvalue weighted by atomic mass is 9.90. The van der Waals surface area contributed by atoms with Gasteiger partial charge in [-0.2, -0.15) is 5.26 Å². The van der Waals surface area contributed by atoms with Crippen LogP contribution in [0.1, 0.15) is 35.6 Å². The summed E-state index contributed by atoms with van der Waals surface area (Å²) in [6, 6.07) is 10.7. The summed E-state index contributed by atoms with van der Waals surface area (Å²) in [7, 11) is 0. The molecule has 0 amide bonds. The number of nitriles is 1. The number of hydrogen-bond donors (Lipinski definition) is 4. The van der Waals surface area contributed by atoms with E-state index in [0.717, 1.165) is 18.4 Å². The summed E-state index contributed by atoms with van der Waals surface area (Å²) in [5.74, 6) is 0. The molecule has 0 bridgehead atoms. The van der Waals surface area contributed by atoms with E-state index in [4.69, 9.17) is 16.3 Å². The zero-order valence-corrected chi connectivity index (χ0v) is 18.7. The minimum Gasteiger partial charge on any atom is -0.394 e. The third-order valence-electron chi connectivity index (χ3n) is 6.70. The molecule has 2 aliphatic rings. The Morgan fingerprint density at radius 3 is 2.62 bits per heavy atom. The Labute approximate surface area is 198 Å². The van der Waals surface area contributed by atoms with Crippen LogP contribution in [-0.4, -0.2) is 65.6 Å². The fourth-order valence-electron chi connectivity index (χ4n) is 4.43. The average Bonchev–Trinajstić information content (AvgIpc) is 3.59. The summed E-state index contributed by atoms with van der Waals surface area (Å²) in [6.07, 6.45) is -3.28. The Morgan fingerprint density at radius 1 is 1.18 bits per heavy atom. The van der Waals surface area contributed by atoms with Crippen molar-refractivity contribution >= 4 is 17.2 Å². The van der Waals surface area contributed by atoms with Gasteiger partial charge in [0, 0.05) is 11.2 Å². The molecule has 2 fully saturated rings. The number of aliphatic hydroxyl groups is 4. The van der Waals surface area contributed by atoms with Crippen LogP contribution in [0.25, 0.3) is 5.65 Å². The van der Waals surface area contributed by atoms with E-state index in [1.54, 1.807) is 30.5 Å². The topological polar surface area (TPSA) is 153 Å². The van der Waals surface area contributed by atoms with Crippen LogP contribution in [0.4, 0.5) is 0 Å². The molecule has 0 spiro atoms. The lowest BCUT2D eigenvalue weighted by Gasteiger charge is -2.40. The van der Waals surface area contributed by atoms with Gasteiger partial charge in [0.1, 0.15) is 30.5 Å². The maximum absolute atomic E-state index is 13.0. The highest BCUT2D eigenvalue weighted by Gasteiger charge is 2.45. The van der Waals surface area contributed by atoms with Crippen molar-refractivity contribution in [3.8, 4) is 6.07 Å². The number of benzene rings is 1. The van der Waals surface area contributed by atoms with E-state index in [0.29, 0.717) is 21.8 Å². The van der Waals surface area contributed by atoms with Crippen LogP contribution in [-0.2, 0) is 16.7 Å². The number of halogens is 1. The third kappa shape index (κ3) is 3.71. The van der Waals surface area contributed by atoms with Crippen LogP contribution in [0, 0.1) is 11.3 Å². The van der Waals surface area contributed by atoms with Crippen LogP contribution >= 0.6 is 11.6 Å². The van der Waals surface area contributed by atoms with Crippen molar-refractivity contribution in [2.45, 2.75) is 55.3 Å². The number of ether oxygens (including phenoxy) is 1. The van der Waals surface area contributed by atoms with Crippen molar-refractivity contribution in [3.63, 3.8) is 0 Å². The normalized spacial score (nSPS) is 28.1. The van der Waals surface area contributed by atoms with Crippen molar-refractivity contribution < 1.29 is 25.2 Å². The summed E-state index contributed by atoms with van der Waals surface area (Å²) in [6.45, 7) is -0.503. The number of pyridine rings is 1. The van der Waals surface area contributed by atoms with Gasteiger partial charge in [-0.1, -0.05) is 23.7 Å². The maximum Gasteiger partial charge on any atom is 0.350 e. The lowest BCUT2D eigenvalue weighted by molar-refractivity contribution is -0.231. The first-order valence-corrected chi connectivity index (χ1v) is 11.3. The molecule has 1 aliphatic carbocycles. The van der Waals surface area contributed by atoms with Crippen LogP contribution < -0.4 is 5.69 Å². The maximum atomic E-state index is 13.0. The average molecular weight is 487 g/mol. The molecule has 1 aliphatic heterocycles. The van der Waals surface area contributed by atoms with Crippen molar-refractivity contribution in [1.82, 2.24) is 14.2 Å². The van der Waals surface area contributed by atoms with E-state index >= 15 is 0 Å². The SMILES string of the molecule is N#CC1(c2ccc3nn(Cc4cc([C@@H]5O[C@H](CO)[C@@H](O)[C@H](O)[C@H]5O)ccc4Cl)c(=O)n3c2)CC1. The highest BCUT2D eigenvalue weighted by molar-refractivity contribution is 6.31. The minimum absolute atomic E-state index is 0.0311. The van der Waals surface area contributed by atoms with Crippen LogP contribution in [0.15, 0.2) is 41.3 Å².